The van der Waals surface area contributed by atoms with Gasteiger partial charge in [0.05, 0.1) is 6.10 Å². The highest BCUT2D eigenvalue weighted by molar-refractivity contribution is 5.21. The third kappa shape index (κ3) is 3.08. The maximum absolute atomic E-state index is 13.6. The lowest BCUT2D eigenvalue weighted by atomic mass is 10.1. The topological polar surface area (TPSA) is 74.2 Å². The van der Waals surface area contributed by atoms with E-state index in [2.05, 4.69) is 10.1 Å². The largest absolute Gasteiger partial charge is 0.364 e. The number of benzene rings is 1. The average Bonchev–Trinajstić information content (AvgIpc) is 3.10. The lowest BCUT2D eigenvalue weighted by molar-refractivity contribution is 0.0307. The maximum Gasteiger partial charge on any atom is 0.255 e. The van der Waals surface area contributed by atoms with Crippen LogP contribution in [0.5, 0.6) is 0 Å². The quantitative estimate of drug-likeness (QED) is 0.935. The third-order valence-corrected chi connectivity index (χ3v) is 3.49. The first-order chi connectivity index (χ1) is 10.2. The van der Waals surface area contributed by atoms with E-state index in [1.54, 1.807) is 0 Å². The molecule has 0 saturated carbocycles. The lowest BCUT2D eigenvalue weighted by Crippen LogP contribution is -2.18. The van der Waals surface area contributed by atoms with Crippen LogP contribution in [0, 0.1) is 11.6 Å². The van der Waals surface area contributed by atoms with E-state index < -0.39 is 11.6 Å². The average molecular weight is 295 g/mol. The zero-order valence-corrected chi connectivity index (χ0v) is 11.3. The van der Waals surface area contributed by atoms with Gasteiger partial charge < -0.3 is 15.0 Å². The normalized spacial score (nSPS) is 21.9. The summed E-state index contributed by atoms with van der Waals surface area (Å²) in [5.41, 5.74) is 5.86. The maximum atomic E-state index is 13.6. The van der Waals surface area contributed by atoms with Crippen molar-refractivity contribution < 1.29 is 18.0 Å². The Morgan fingerprint density at radius 1 is 1.29 bits per heavy atom. The fourth-order valence-electron chi connectivity index (χ4n) is 2.37. The Labute approximate surface area is 120 Å². The van der Waals surface area contributed by atoms with Crippen molar-refractivity contribution in [2.75, 3.05) is 6.54 Å². The van der Waals surface area contributed by atoms with Gasteiger partial charge >= 0.3 is 0 Å². The molecule has 2 atom stereocenters. The van der Waals surface area contributed by atoms with Crippen LogP contribution in [0.25, 0.3) is 0 Å². The SMILES string of the molecule is NCC1CCC(c2nc(Cc3ccc(F)cc3F)no2)O1. The van der Waals surface area contributed by atoms with Gasteiger partial charge in [-0.1, -0.05) is 11.2 Å². The Kier molecular flexibility index (Phi) is 3.94. The van der Waals surface area contributed by atoms with Gasteiger partial charge in [0.25, 0.3) is 5.89 Å². The molecule has 1 fully saturated rings. The van der Waals surface area contributed by atoms with E-state index in [0.29, 0.717) is 23.8 Å². The van der Waals surface area contributed by atoms with Gasteiger partial charge in [0.1, 0.15) is 17.7 Å². The summed E-state index contributed by atoms with van der Waals surface area (Å²) in [4.78, 5) is 4.22. The number of hydrogen-bond acceptors (Lipinski definition) is 5. The van der Waals surface area contributed by atoms with Gasteiger partial charge in [-0.05, 0) is 24.5 Å². The van der Waals surface area contributed by atoms with Gasteiger partial charge in [0.15, 0.2) is 5.82 Å². The summed E-state index contributed by atoms with van der Waals surface area (Å²) >= 11 is 0. The zero-order valence-electron chi connectivity index (χ0n) is 11.3. The second kappa shape index (κ2) is 5.87. The first-order valence-corrected chi connectivity index (χ1v) is 6.77. The molecule has 1 aliphatic heterocycles. The Morgan fingerprint density at radius 3 is 2.86 bits per heavy atom. The molecule has 21 heavy (non-hydrogen) atoms. The van der Waals surface area contributed by atoms with E-state index in [9.17, 15) is 8.78 Å². The number of halogens is 2. The number of aromatic nitrogens is 2. The minimum atomic E-state index is -0.623. The molecule has 0 bridgehead atoms. The van der Waals surface area contributed by atoms with E-state index in [1.807, 2.05) is 0 Å². The molecule has 0 aliphatic carbocycles. The summed E-state index contributed by atoms with van der Waals surface area (Å²) in [5, 5.41) is 3.81. The van der Waals surface area contributed by atoms with E-state index in [-0.39, 0.29) is 18.6 Å². The van der Waals surface area contributed by atoms with Crippen LogP contribution in [0.1, 0.15) is 36.2 Å². The third-order valence-electron chi connectivity index (χ3n) is 3.49. The molecule has 2 aromatic rings. The van der Waals surface area contributed by atoms with Gasteiger partial charge in [-0.3, -0.25) is 0 Å². The first kappa shape index (κ1) is 14.1. The molecule has 0 amide bonds. The van der Waals surface area contributed by atoms with Gasteiger partial charge in [0.2, 0.25) is 0 Å². The highest BCUT2D eigenvalue weighted by Crippen LogP contribution is 2.31. The molecule has 3 rings (SSSR count). The number of ether oxygens (including phenoxy) is 1. The van der Waals surface area contributed by atoms with E-state index >= 15 is 0 Å². The molecule has 2 unspecified atom stereocenters. The van der Waals surface area contributed by atoms with Crippen molar-refractivity contribution in [3.8, 4) is 0 Å². The summed E-state index contributed by atoms with van der Waals surface area (Å²) in [6.45, 7) is 0.457. The molecule has 1 aliphatic rings. The Balaban J connectivity index is 1.70. The Hall–Kier alpha value is -1.86. The van der Waals surface area contributed by atoms with E-state index in [4.69, 9.17) is 15.0 Å². The molecular formula is C14H15F2N3O2. The van der Waals surface area contributed by atoms with Crippen molar-refractivity contribution in [3.63, 3.8) is 0 Å². The molecule has 0 spiro atoms. The lowest BCUT2D eigenvalue weighted by Gasteiger charge is -2.07. The van der Waals surface area contributed by atoms with Crippen molar-refractivity contribution in [1.82, 2.24) is 10.1 Å². The second-order valence-electron chi connectivity index (χ2n) is 5.02. The van der Waals surface area contributed by atoms with Crippen molar-refractivity contribution in [3.05, 3.63) is 47.1 Å². The molecule has 1 saturated heterocycles. The van der Waals surface area contributed by atoms with Crippen LogP contribution in [0.2, 0.25) is 0 Å². The number of rotatable bonds is 4. The predicted molar refractivity (Wildman–Crippen MR) is 69.4 cm³/mol. The number of hydrogen-bond donors (Lipinski definition) is 1. The summed E-state index contributed by atoms with van der Waals surface area (Å²) in [6, 6.07) is 3.41. The summed E-state index contributed by atoms with van der Waals surface area (Å²) < 4.78 is 37.2. The van der Waals surface area contributed by atoms with Crippen molar-refractivity contribution in [2.24, 2.45) is 5.73 Å². The molecule has 0 radical (unpaired) electrons. The summed E-state index contributed by atoms with van der Waals surface area (Å²) in [6.07, 6.45) is 1.53. The van der Waals surface area contributed by atoms with Crippen LogP contribution in [0.4, 0.5) is 8.78 Å². The Morgan fingerprint density at radius 2 is 2.14 bits per heavy atom. The standard InChI is InChI=1S/C14H15F2N3O2/c15-9-2-1-8(11(16)6-9)5-13-18-14(21-19-13)12-4-3-10(7-17)20-12/h1-2,6,10,12H,3-5,7,17H2. The number of nitrogens with zero attached hydrogens (tertiary/aromatic N) is 2. The Bertz CT molecular complexity index is 632. The van der Waals surface area contributed by atoms with Crippen LogP contribution in [0.3, 0.4) is 0 Å². The van der Waals surface area contributed by atoms with Crippen molar-refractivity contribution in [1.29, 1.82) is 0 Å². The monoisotopic (exact) mass is 295 g/mol. The smallest absolute Gasteiger partial charge is 0.255 e. The fourth-order valence-corrected chi connectivity index (χ4v) is 2.37. The van der Waals surface area contributed by atoms with Crippen LogP contribution in [0.15, 0.2) is 22.7 Å². The van der Waals surface area contributed by atoms with E-state index in [1.165, 1.54) is 12.1 Å². The first-order valence-electron chi connectivity index (χ1n) is 6.77. The van der Waals surface area contributed by atoms with Crippen LogP contribution < -0.4 is 5.73 Å². The molecule has 1 aromatic carbocycles. The van der Waals surface area contributed by atoms with Gasteiger partial charge in [-0.25, -0.2) is 8.78 Å². The van der Waals surface area contributed by atoms with Crippen LogP contribution in [-0.4, -0.2) is 22.8 Å². The van der Waals surface area contributed by atoms with Gasteiger partial charge in [-0.2, -0.15) is 4.98 Å². The summed E-state index contributed by atoms with van der Waals surface area (Å²) in [7, 11) is 0. The molecule has 112 valence electrons. The molecule has 2 heterocycles. The highest BCUT2D eigenvalue weighted by atomic mass is 19.1. The fraction of sp³-hybridized carbons (Fsp3) is 0.429. The second-order valence-corrected chi connectivity index (χ2v) is 5.02. The molecule has 5 nitrogen and oxygen atoms in total. The molecular weight excluding hydrogens is 280 g/mol. The number of nitrogens with two attached hydrogens (primary N) is 1. The zero-order chi connectivity index (χ0) is 14.8. The van der Waals surface area contributed by atoms with Gasteiger partial charge in [-0.15, -0.1) is 0 Å². The minimum absolute atomic E-state index is 0.0138. The van der Waals surface area contributed by atoms with Crippen molar-refractivity contribution in [2.45, 2.75) is 31.5 Å². The molecule has 7 heteroatoms. The van der Waals surface area contributed by atoms with Gasteiger partial charge in [0, 0.05) is 19.0 Å². The van der Waals surface area contributed by atoms with Crippen LogP contribution >= 0.6 is 0 Å². The summed E-state index contributed by atoms with van der Waals surface area (Å²) in [5.74, 6) is -0.516. The van der Waals surface area contributed by atoms with Crippen molar-refractivity contribution >= 4 is 0 Å². The molecule has 1 aromatic heterocycles. The molecule has 2 N–H and O–H groups in total. The predicted octanol–water partition coefficient (Wildman–Crippen LogP) is 2.12. The van der Waals surface area contributed by atoms with Crippen LogP contribution in [-0.2, 0) is 11.2 Å². The minimum Gasteiger partial charge on any atom is -0.364 e. The van der Waals surface area contributed by atoms with E-state index in [0.717, 1.165) is 18.9 Å². The highest BCUT2D eigenvalue weighted by Gasteiger charge is 2.29.